The normalized spacial score (nSPS) is 9.67. The van der Waals surface area contributed by atoms with Crippen LogP contribution in [-0.2, 0) is 6.42 Å². The van der Waals surface area contributed by atoms with Crippen molar-refractivity contribution < 1.29 is 4.79 Å². The van der Waals surface area contributed by atoms with E-state index in [0.29, 0.717) is 13.1 Å². The van der Waals surface area contributed by atoms with E-state index in [1.54, 1.807) is 0 Å². The van der Waals surface area contributed by atoms with Crippen LogP contribution in [0.2, 0.25) is 0 Å². The summed E-state index contributed by atoms with van der Waals surface area (Å²) >= 11 is 0. The molecule has 0 saturated heterocycles. The van der Waals surface area contributed by atoms with Crippen molar-refractivity contribution in [3.63, 3.8) is 0 Å². The number of nitrogens with two attached hydrogens (primary N) is 1. The Hall–Kier alpha value is -1.85. The van der Waals surface area contributed by atoms with Crippen LogP contribution in [-0.4, -0.2) is 29.1 Å². The van der Waals surface area contributed by atoms with E-state index in [2.05, 4.69) is 20.6 Å². The lowest BCUT2D eigenvalue weighted by molar-refractivity contribution is 0.249. The molecule has 0 aliphatic heterocycles. The van der Waals surface area contributed by atoms with E-state index in [1.807, 2.05) is 13.0 Å². The van der Waals surface area contributed by atoms with Crippen molar-refractivity contribution in [2.24, 2.45) is 5.73 Å². The van der Waals surface area contributed by atoms with Crippen molar-refractivity contribution in [3.05, 3.63) is 18.1 Å². The number of hydrogen-bond acceptors (Lipinski definition) is 4. The number of nitrogens with zero attached hydrogens (tertiary/aromatic N) is 2. The van der Waals surface area contributed by atoms with Gasteiger partial charge in [-0.2, -0.15) is 0 Å². The Morgan fingerprint density at radius 2 is 2.27 bits per heavy atom. The predicted octanol–water partition coefficient (Wildman–Crippen LogP) is 0.119. The molecule has 0 atom stereocenters. The maximum atomic E-state index is 10.4. The molecular weight excluding hydrogens is 194 g/mol. The summed E-state index contributed by atoms with van der Waals surface area (Å²) in [4.78, 5) is 18.5. The van der Waals surface area contributed by atoms with E-state index in [9.17, 15) is 4.79 Å². The minimum Gasteiger partial charge on any atom is -0.368 e. The number of carbonyl (C=O) groups excluding carboxylic acids is 1. The molecule has 1 aromatic heterocycles. The maximum absolute atomic E-state index is 10.4. The van der Waals surface area contributed by atoms with Crippen LogP contribution in [0, 0.1) is 0 Å². The van der Waals surface area contributed by atoms with Gasteiger partial charge in [-0.25, -0.2) is 14.8 Å². The Kier molecular flexibility index (Phi) is 4.33. The van der Waals surface area contributed by atoms with E-state index >= 15 is 0 Å². The summed E-state index contributed by atoms with van der Waals surface area (Å²) in [7, 11) is 0. The van der Waals surface area contributed by atoms with Gasteiger partial charge in [0.2, 0.25) is 0 Å². The van der Waals surface area contributed by atoms with Crippen LogP contribution in [0.5, 0.6) is 0 Å². The topological polar surface area (TPSA) is 92.9 Å². The van der Waals surface area contributed by atoms with Gasteiger partial charge in [0.1, 0.15) is 12.1 Å². The molecule has 1 rings (SSSR count). The zero-order valence-electron chi connectivity index (χ0n) is 8.66. The molecule has 1 aromatic rings. The summed E-state index contributed by atoms with van der Waals surface area (Å²) < 4.78 is 0. The molecule has 4 N–H and O–H groups in total. The van der Waals surface area contributed by atoms with Gasteiger partial charge in [0, 0.05) is 24.8 Å². The fourth-order valence-electron chi connectivity index (χ4n) is 1.06. The fraction of sp³-hybridized carbons (Fsp3) is 0.444. The van der Waals surface area contributed by atoms with Crippen molar-refractivity contribution in [2.45, 2.75) is 13.3 Å². The second-order valence-electron chi connectivity index (χ2n) is 2.97. The minimum atomic E-state index is -0.520. The zero-order valence-corrected chi connectivity index (χ0v) is 8.66. The van der Waals surface area contributed by atoms with Crippen molar-refractivity contribution in [2.75, 3.05) is 18.4 Å². The van der Waals surface area contributed by atoms with Gasteiger partial charge in [-0.1, -0.05) is 6.92 Å². The summed E-state index contributed by atoms with van der Waals surface area (Å²) in [5, 5.41) is 5.53. The predicted molar refractivity (Wildman–Crippen MR) is 57.5 cm³/mol. The van der Waals surface area contributed by atoms with E-state index in [-0.39, 0.29) is 0 Å². The van der Waals surface area contributed by atoms with Crippen LogP contribution < -0.4 is 16.4 Å². The van der Waals surface area contributed by atoms with E-state index in [0.717, 1.165) is 17.9 Å². The monoisotopic (exact) mass is 209 g/mol. The first-order chi connectivity index (χ1) is 7.22. The number of hydrogen-bond donors (Lipinski definition) is 3. The Morgan fingerprint density at radius 1 is 1.47 bits per heavy atom. The van der Waals surface area contributed by atoms with E-state index in [1.165, 1.54) is 6.33 Å². The number of carbonyl (C=O) groups is 1. The average Bonchev–Trinajstić information content (AvgIpc) is 2.24. The molecule has 0 aliphatic carbocycles. The highest BCUT2D eigenvalue weighted by Gasteiger charge is 1.96. The first-order valence-electron chi connectivity index (χ1n) is 4.80. The number of aryl methyl sites for hydroxylation is 1. The number of amides is 2. The molecule has 0 bridgehead atoms. The summed E-state index contributed by atoms with van der Waals surface area (Å²) in [5.41, 5.74) is 5.90. The first-order valence-corrected chi connectivity index (χ1v) is 4.80. The second-order valence-corrected chi connectivity index (χ2v) is 2.97. The van der Waals surface area contributed by atoms with Crippen LogP contribution in [0.1, 0.15) is 12.6 Å². The van der Waals surface area contributed by atoms with Crippen LogP contribution >= 0.6 is 0 Å². The molecule has 6 heteroatoms. The lowest BCUT2D eigenvalue weighted by atomic mass is 10.3. The van der Waals surface area contributed by atoms with Crippen molar-refractivity contribution in [1.29, 1.82) is 0 Å². The summed E-state index contributed by atoms with van der Waals surface area (Å²) in [6.07, 6.45) is 2.39. The molecule has 0 spiro atoms. The molecule has 1 heterocycles. The van der Waals surface area contributed by atoms with Gasteiger partial charge in [0.25, 0.3) is 0 Å². The molecule has 0 aliphatic rings. The van der Waals surface area contributed by atoms with Crippen LogP contribution in [0.25, 0.3) is 0 Å². The molecule has 0 aromatic carbocycles. The third-order valence-electron chi connectivity index (χ3n) is 1.82. The number of urea groups is 1. The Labute approximate surface area is 88.3 Å². The van der Waals surface area contributed by atoms with Gasteiger partial charge in [-0.15, -0.1) is 0 Å². The summed E-state index contributed by atoms with van der Waals surface area (Å²) in [6, 6.07) is 1.36. The van der Waals surface area contributed by atoms with Crippen LogP contribution in [0.4, 0.5) is 10.6 Å². The number of nitrogens with one attached hydrogen (secondary N) is 2. The smallest absolute Gasteiger partial charge is 0.312 e. The molecular formula is C9H15N5O. The lowest BCUT2D eigenvalue weighted by Crippen LogP contribution is -2.33. The molecule has 0 radical (unpaired) electrons. The molecule has 0 fully saturated rings. The number of rotatable bonds is 5. The highest BCUT2D eigenvalue weighted by Crippen LogP contribution is 2.03. The SMILES string of the molecule is CCc1cc(NCCNC(N)=O)ncn1. The average molecular weight is 209 g/mol. The maximum Gasteiger partial charge on any atom is 0.312 e. The molecule has 0 saturated carbocycles. The Balaban J connectivity index is 2.33. The number of anilines is 1. The summed E-state index contributed by atoms with van der Waals surface area (Å²) in [6.45, 7) is 3.09. The zero-order chi connectivity index (χ0) is 11.1. The van der Waals surface area contributed by atoms with Gasteiger partial charge >= 0.3 is 6.03 Å². The highest BCUT2D eigenvalue weighted by molar-refractivity contribution is 5.71. The molecule has 15 heavy (non-hydrogen) atoms. The number of primary amides is 1. The third-order valence-corrected chi connectivity index (χ3v) is 1.82. The third kappa shape index (κ3) is 4.26. The van der Waals surface area contributed by atoms with Gasteiger partial charge in [-0.05, 0) is 6.42 Å². The Bertz CT molecular complexity index is 328. The standard InChI is InChI=1S/C9H15N5O/c1-2-7-5-8(14-6-13-7)11-3-4-12-9(10)15/h5-6H,2-4H2,1H3,(H3,10,12,15)(H,11,13,14). The van der Waals surface area contributed by atoms with Crippen LogP contribution in [0.3, 0.4) is 0 Å². The lowest BCUT2D eigenvalue weighted by Gasteiger charge is -2.06. The van der Waals surface area contributed by atoms with Gasteiger partial charge < -0.3 is 16.4 Å². The minimum absolute atomic E-state index is 0.473. The van der Waals surface area contributed by atoms with Crippen molar-refractivity contribution in [1.82, 2.24) is 15.3 Å². The van der Waals surface area contributed by atoms with Crippen molar-refractivity contribution in [3.8, 4) is 0 Å². The van der Waals surface area contributed by atoms with Crippen LogP contribution in [0.15, 0.2) is 12.4 Å². The Morgan fingerprint density at radius 3 is 2.93 bits per heavy atom. The van der Waals surface area contributed by atoms with E-state index < -0.39 is 6.03 Å². The van der Waals surface area contributed by atoms with Gasteiger partial charge in [-0.3, -0.25) is 0 Å². The fourth-order valence-corrected chi connectivity index (χ4v) is 1.06. The first kappa shape index (κ1) is 11.2. The second kappa shape index (κ2) is 5.79. The number of aromatic nitrogens is 2. The van der Waals surface area contributed by atoms with Gasteiger partial charge in [0.05, 0.1) is 0 Å². The molecule has 6 nitrogen and oxygen atoms in total. The summed E-state index contributed by atoms with van der Waals surface area (Å²) in [5.74, 6) is 0.758. The quantitative estimate of drug-likeness (QED) is 0.600. The van der Waals surface area contributed by atoms with Crippen molar-refractivity contribution >= 4 is 11.8 Å². The molecule has 0 unspecified atom stereocenters. The largest absolute Gasteiger partial charge is 0.368 e. The van der Waals surface area contributed by atoms with E-state index in [4.69, 9.17) is 5.73 Å². The molecule has 2 amide bonds. The van der Waals surface area contributed by atoms with Gasteiger partial charge in [0.15, 0.2) is 0 Å². The highest BCUT2D eigenvalue weighted by atomic mass is 16.2. The molecule has 82 valence electrons.